The van der Waals surface area contributed by atoms with Crippen LogP contribution in [-0.2, 0) is 13.1 Å². The molecular weight excluding hydrogens is 408 g/mol. The van der Waals surface area contributed by atoms with Gasteiger partial charge in [0.15, 0.2) is 0 Å². The maximum atomic E-state index is 12.9. The average Bonchev–Trinajstić information content (AvgIpc) is 3.27. The molecule has 9 nitrogen and oxygen atoms in total. The Morgan fingerprint density at radius 3 is 2.70 bits per heavy atom. The summed E-state index contributed by atoms with van der Waals surface area (Å²) in [6, 6.07) is 4.83. The van der Waals surface area contributed by atoms with Gasteiger partial charge in [0.25, 0.3) is 5.91 Å². The quantitative estimate of drug-likeness (QED) is 0.421. The number of carbonyl (C=O) groups is 2. The zero-order valence-electron chi connectivity index (χ0n) is 17.0. The van der Waals surface area contributed by atoms with Crippen LogP contribution in [0.1, 0.15) is 33.5 Å². The number of halogens is 1. The molecule has 0 radical (unpaired) electrons. The minimum Gasteiger partial charge on any atom is -0.494 e. The highest BCUT2D eigenvalue weighted by Crippen LogP contribution is 2.31. The second kappa shape index (κ2) is 9.00. The van der Waals surface area contributed by atoms with Crippen molar-refractivity contribution in [1.82, 2.24) is 19.3 Å². The Morgan fingerprint density at radius 1 is 1.30 bits per heavy atom. The van der Waals surface area contributed by atoms with Crippen LogP contribution < -0.4 is 15.8 Å². The van der Waals surface area contributed by atoms with E-state index >= 15 is 0 Å². The number of nitrogens with zero attached hydrogens (tertiary/aromatic N) is 4. The topological polar surface area (TPSA) is 117 Å². The Kier molecular flexibility index (Phi) is 6.41. The molecule has 1 aromatic carbocycles. The van der Waals surface area contributed by atoms with E-state index in [1.54, 1.807) is 33.5 Å². The molecule has 158 valence electrons. The molecule has 2 amide bonds. The van der Waals surface area contributed by atoms with E-state index in [-0.39, 0.29) is 11.5 Å². The normalized spacial score (nSPS) is 11.3. The number of allylic oxidation sites excluding steroid dienone is 2. The standard InChI is InChI=1S/C20H23ClN6O3/c1-4-27-15(9-12(2)25-27)19(29)24-20-23-14-10-13(18(22)28)11-16(30-3)17(14)26(20)8-6-5-7-21/h5-6,9-11H,4,7-8H2,1-3H3,(H2,22,28)(H,23,24,29)/b6-5+. The number of amides is 2. The Balaban J connectivity index is 2.11. The van der Waals surface area contributed by atoms with Crippen LogP contribution >= 0.6 is 11.6 Å². The summed E-state index contributed by atoms with van der Waals surface area (Å²) >= 11 is 5.75. The Hall–Kier alpha value is -3.33. The van der Waals surface area contributed by atoms with Crippen molar-refractivity contribution in [2.45, 2.75) is 26.9 Å². The third-order valence-corrected chi connectivity index (χ3v) is 4.69. The summed E-state index contributed by atoms with van der Waals surface area (Å²) in [6.45, 7) is 4.68. The van der Waals surface area contributed by atoms with Crippen LogP contribution in [0.15, 0.2) is 30.4 Å². The van der Waals surface area contributed by atoms with Gasteiger partial charge in [-0.05, 0) is 32.0 Å². The lowest BCUT2D eigenvalue weighted by Gasteiger charge is -2.11. The maximum absolute atomic E-state index is 12.9. The first-order valence-corrected chi connectivity index (χ1v) is 9.87. The number of rotatable bonds is 8. The van der Waals surface area contributed by atoms with Crippen molar-refractivity contribution >= 4 is 40.4 Å². The van der Waals surface area contributed by atoms with E-state index in [1.807, 2.05) is 19.9 Å². The molecule has 0 atom stereocenters. The highest BCUT2D eigenvalue weighted by molar-refractivity contribution is 6.18. The molecule has 0 spiro atoms. The van der Waals surface area contributed by atoms with Gasteiger partial charge >= 0.3 is 0 Å². The molecule has 2 aromatic heterocycles. The van der Waals surface area contributed by atoms with Crippen LogP contribution in [0.2, 0.25) is 0 Å². The molecule has 10 heteroatoms. The van der Waals surface area contributed by atoms with Gasteiger partial charge in [0.1, 0.15) is 17.0 Å². The Morgan fingerprint density at radius 2 is 2.07 bits per heavy atom. The molecular formula is C20H23ClN6O3. The van der Waals surface area contributed by atoms with Gasteiger partial charge in [-0.2, -0.15) is 5.10 Å². The number of nitrogens with one attached hydrogen (secondary N) is 1. The first kappa shape index (κ1) is 21.4. The summed E-state index contributed by atoms with van der Waals surface area (Å²) < 4.78 is 8.86. The average molecular weight is 431 g/mol. The van der Waals surface area contributed by atoms with E-state index in [2.05, 4.69) is 15.4 Å². The first-order chi connectivity index (χ1) is 14.4. The molecule has 30 heavy (non-hydrogen) atoms. The van der Waals surface area contributed by atoms with E-state index in [0.29, 0.717) is 47.4 Å². The predicted molar refractivity (Wildman–Crippen MR) is 115 cm³/mol. The molecule has 0 fully saturated rings. The largest absolute Gasteiger partial charge is 0.494 e. The molecule has 3 aromatic rings. The third kappa shape index (κ3) is 4.16. The lowest BCUT2D eigenvalue weighted by Crippen LogP contribution is -2.19. The van der Waals surface area contributed by atoms with Gasteiger partial charge in [0, 0.05) is 24.5 Å². The predicted octanol–water partition coefficient (Wildman–Crippen LogP) is 2.72. The number of primary amides is 1. The fourth-order valence-electron chi connectivity index (χ4n) is 3.18. The monoisotopic (exact) mass is 430 g/mol. The van der Waals surface area contributed by atoms with E-state index < -0.39 is 5.91 Å². The van der Waals surface area contributed by atoms with Crippen molar-refractivity contribution in [3.05, 3.63) is 47.3 Å². The molecule has 0 unspecified atom stereocenters. The van der Waals surface area contributed by atoms with Crippen LogP contribution in [0, 0.1) is 6.92 Å². The number of aryl methyl sites for hydroxylation is 2. The van der Waals surface area contributed by atoms with E-state index in [9.17, 15) is 9.59 Å². The van der Waals surface area contributed by atoms with Crippen LogP contribution in [0.25, 0.3) is 11.0 Å². The lowest BCUT2D eigenvalue weighted by molar-refractivity contribution is 0.0995. The number of hydrogen-bond acceptors (Lipinski definition) is 5. The van der Waals surface area contributed by atoms with Crippen LogP contribution in [0.4, 0.5) is 5.95 Å². The Labute approximate surface area is 178 Å². The molecule has 0 aliphatic rings. The second-order valence-corrected chi connectivity index (χ2v) is 6.83. The van der Waals surface area contributed by atoms with E-state index in [1.165, 1.54) is 7.11 Å². The van der Waals surface area contributed by atoms with Crippen molar-refractivity contribution in [3.63, 3.8) is 0 Å². The van der Waals surface area contributed by atoms with Gasteiger partial charge in [-0.3, -0.25) is 19.6 Å². The zero-order valence-corrected chi connectivity index (χ0v) is 17.7. The fourth-order valence-corrected chi connectivity index (χ4v) is 3.30. The summed E-state index contributed by atoms with van der Waals surface area (Å²) in [6.07, 6.45) is 3.64. The summed E-state index contributed by atoms with van der Waals surface area (Å²) in [7, 11) is 1.49. The number of anilines is 1. The highest BCUT2D eigenvalue weighted by Gasteiger charge is 2.21. The molecule has 0 bridgehead atoms. The van der Waals surface area contributed by atoms with Crippen molar-refractivity contribution in [2.24, 2.45) is 5.73 Å². The molecule has 2 heterocycles. The van der Waals surface area contributed by atoms with Crippen molar-refractivity contribution in [3.8, 4) is 5.75 Å². The van der Waals surface area contributed by atoms with Gasteiger partial charge in [0.2, 0.25) is 11.9 Å². The zero-order chi connectivity index (χ0) is 21.8. The highest BCUT2D eigenvalue weighted by atomic mass is 35.5. The van der Waals surface area contributed by atoms with E-state index in [0.717, 1.165) is 5.69 Å². The molecule has 3 rings (SSSR count). The number of imidazole rings is 1. The minimum atomic E-state index is -0.598. The van der Waals surface area contributed by atoms with Crippen LogP contribution in [-0.4, -0.2) is 44.1 Å². The van der Waals surface area contributed by atoms with Gasteiger partial charge in [-0.1, -0.05) is 12.2 Å². The van der Waals surface area contributed by atoms with Crippen LogP contribution in [0.5, 0.6) is 5.75 Å². The molecule has 0 saturated heterocycles. The first-order valence-electron chi connectivity index (χ1n) is 9.34. The van der Waals surface area contributed by atoms with E-state index in [4.69, 9.17) is 22.1 Å². The maximum Gasteiger partial charge on any atom is 0.276 e. The van der Waals surface area contributed by atoms with Gasteiger partial charge in [-0.15, -0.1) is 11.6 Å². The van der Waals surface area contributed by atoms with Gasteiger partial charge < -0.3 is 15.0 Å². The number of ether oxygens (including phenoxy) is 1. The number of carbonyl (C=O) groups excluding carboxylic acids is 2. The molecule has 0 aliphatic carbocycles. The number of fused-ring (bicyclic) bond motifs is 1. The molecule has 0 saturated carbocycles. The van der Waals surface area contributed by atoms with Crippen molar-refractivity contribution in [2.75, 3.05) is 18.3 Å². The summed E-state index contributed by atoms with van der Waals surface area (Å²) in [5.74, 6) is 0.134. The van der Waals surface area contributed by atoms with Crippen LogP contribution in [0.3, 0.4) is 0 Å². The second-order valence-electron chi connectivity index (χ2n) is 6.52. The lowest BCUT2D eigenvalue weighted by atomic mass is 10.1. The minimum absolute atomic E-state index is 0.262. The third-order valence-electron chi connectivity index (χ3n) is 4.51. The summed E-state index contributed by atoms with van der Waals surface area (Å²) in [4.78, 5) is 29.1. The number of aromatic nitrogens is 4. The number of benzene rings is 1. The van der Waals surface area contributed by atoms with Crippen molar-refractivity contribution < 1.29 is 14.3 Å². The van der Waals surface area contributed by atoms with Crippen molar-refractivity contribution in [1.29, 1.82) is 0 Å². The summed E-state index contributed by atoms with van der Waals surface area (Å²) in [5.41, 5.74) is 7.95. The Bertz CT molecular complexity index is 1130. The number of nitrogens with two attached hydrogens (primary N) is 1. The number of methoxy groups -OCH3 is 1. The smallest absolute Gasteiger partial charge is 0.276 e. The molecule has 0 aliphatic heterocycles. The fraction of sp³-hybridized carbons (Fsp3) is 0.300. The van der Waals surface area contributed by atoms with Gasteiger partial charge in [0.05, 0.1) is 18.3 Å². The SMILES string of the molecule is CCn1nc(C)cc1C(=O)Nc1nc2cc(C(N)=O)cc(OC)c2n1C/C=C/CCl. The number of hydrogen-bond donors (Lipinski definition) is 2. The number of alkyl halides is 1. The molecule has 3 N–H and O–H groups in total. The summed E-state index contributed by atoms with van der Waals surface area (Å²) in [5, 5.41) is 7.15. The van der Waals surface area contributed by atoms with Gasteiger partial charge in [-0.25, -0.2) is 4.98 Å².